The highest BCUT2D eigenvalue weighted by Crippen LogP contribution is 2.18. The van der Waals surface area contributed by atoms with Crippen LogP contribution in [0.4, 0.5) is 0 Å². The average molecular weight is 216 g/mol. The Morgan fingerprint density at radius 2 is 2.19 bits per heavy atom. The van der Waals surface area contributed by atoms with Crippen LogP contribution in [0.3, 0.4) is 0 Å². The van der Waals surface area contributed by atoms with Gasteiger partial charge in [-0.05, 0) is 19.3 Å². The van der Waals surface area contributed by atoms with Gasteiger partial charge in [-0.1, -0.05) is 0 Å². The van der Waals surface area contributed by atoms with E-state index < -0.39 is 0 Å². The highest BCUT2D eigenvalue weighted by Gasteiger charge is 2.27. The molecular weight excluding hydrogens is 204 g/mol. The van der Waals surface area contributed by atoms with Crippen molar-refractivity contribution in [1.82, 2.24) is 14.9 Å². The molecule has 2 rings (SSSR count). The largest absolute Gasteiger partial charge is 0.323 e. The van der Waals surface area contributed by atoms with Crippen LogP contribution in [0.25, 0.3) is 0 Å². The Balaban J connectivity index is 2.18. The number of nitrogens with zero attached hydrogens (tertiary/aromatic N) is 4. The van der Waals surface area contributed by atoms with E-state index in [1.54, 1.807) is 4.90 Å². The number of piperidine rings is 1. The van der Waals surface area contributed by atoms with E-state index in [1.165, 1.54) is 18.7 Å². The van der Waals surface area contributed by atoms with Crippen LogP contribution >= 0.6 is 0 Å². The molecule has 1 fully saturated rings. The van der Waals surface area contributed by atoms with E-state index in [0.717, 1.165) is 19.3 Å². The van der Waals surface area contributed by atoms with Gasteiger partial charge in [0, 0.05) is 18.9 Å². The van der Waals surface area contributed by atoms with Crippen LogP contribution in [-0.4, -0.2) is 33.4 Å². The second kappa shape index (κ2) is 4.71. The van der Waals surface area contributed by atoms with E-state index >= 15 is 0 Å². The highest BCUT2D eigenvalue weighted by molar-refractivity contribution is 5.94. The van der Waals surface area contributed by atoms with Gasteiger partial charge in [-0.15, -0.1) is 0 Å². The van der Waals surface area contributed by atoms with Gasteiger partial charge in [-0.2, -0.15) is 5.26 Å². The molecule has 0 bridgehead atoms. The van der Waals surface area contributed by atoms with Crippen molar-refractivity contribution < 1.29 is 4.79 Å². The molecule has 5 nitrogen and oxygen atoms in total. The van der Waals surface area contributed by atoms with Gasteiger partial charge >= 0.3 is 0 Å². The molecule has 1 amide bonds. The molecule has 1 unspecified atom stereocenters. The van der Waals surface area contributed by atoms with Gasteiger partial charge in [-0.3, -0.25) is 4.79 Å². The van der Waals surface area contributed by atoms with E-state index in [1.807, 2.05) is 0 Å². The van der Waals surface area contributed by atoms with E-state index in [-0.39, 0.29) is 11.9 Å². The molecule has 1 aromatic heterocycles. The van der Waals surface area contributed by atoms with Crippen LogP contribution in [0.15, 0.2) is 18.7 Å². The van der Waals surface area contributed by atoms with E-state index in [4.69, 9.17) is 5.26 Å². The molecule has 1 aliphatic heterocycles. The third-order valence-corrected chi connectivity index (χ3v) is 2.72. The van der Waals surface area contributed by atoms with Crippen molar-refractivity contribution in [3.8, 4) is 6.07 Å². The fourth-order valence-electron chi connectivity index (χ4n) is 1.88. The average Bonchev–Trinajstić information content (AvgIpc) is 2.39. The molecule has 5 heteroatoms. The maximum absolute atomic E-state index is 12.1. The lowest BCUT2D eigenvalue weighted by molar-refractivity contribution is 0.0669. The van der Waals surface area contributed by atoms with Gasteiger partial charge in [0.25, 0.3) is 5.91 Å². The molecule has 0 saturated carbocycles. The number of likely N-dealkylation sites (tertiary alicyclic amines) is 1. The first-order chi connectivity index (χ1) is 7.83. The Bertz CT molecular complexity index is 412. The van der Waals surface area contributed by atoms with Crippen molar-refractivity contribution in [1.29, 1.82) is 5.26 Å². The Hall–Kier alpha value is -1.96. The zero-order chi connectivity index (χ0) is 11.4. The summed E-state index contributed by atoms with van der Waals surface area (Å²) in [5, 5.41) is 8.98. The fraction of sp³-hybridized carbons (Fsp3) is 0.455. The molecule has 0 radical (unpaired) electrons. The molecule has 16 heavy (non-hydrogen) atoms. The second-order valence-electron chi connectivity index (χ2n) is 3.77. The van der Waals surface area contributed by atoms with Gasteiger partial charge in [0.2, 0.25) is 0 Å². The summed E-state index contributed by atoms with van der Waals surface area (Å²) >= 11 is 0. The van der Waals surface area contributed by atoms with Crippen LogP contribution in [0, 0.1) is 11.3 Å². The molecule has 1 aromatic rings. The van der Waals surface area contributed by atoms with E-state index in [2.05, 4.69) is 16.0 Å². The molecule has 2 heterocycles. The van der Waals surface area contributed by atoms with Crippen molar-refractivity contribution in [3.05, 3.63) is 24.3 Å². The summed E-state index contributed by atoms with van der Waals surface area (Å²) in [4.78, 5) is 21.3. The predicted molar refractivity (Wildman–Crippen MR) is 56.3 cm³/mol. The van der Waals surface area contributed by atoms with Gasteiger partial charge in [0.15, 0.2) is 0 Å². The molecule has 82 valence electrons. The standard InChI is InChI=1S/C11H12N4O/c12-5-10-3-1-2-4-15(10)11(16)9-6-13-8-14-7-9/h6-8,10H,1-4H2. The number of hydrogen-bond donors (Lipinski definition) is 0. The van der Waals surface area contributed by atoms with Crippen molar-refractivity contribution in [2.75, 3.05) is 6.54 Å². The first-order valence-corrected chi connectivity index (χ1v) is 5.28. The number of aromatic nitrogens is 2. The number of rotatable bonds is 1. The fourth-order valence-corrected chi connectivity index (χ4v) is 1.88. The first-order valence-electron chi connectivity index (χ1n) is 5.28. The molecule has 0 spiro atoms. The van der Waals surface area contributed by atoms with Crippen LogP contribution < -0.4 is 0 Å². The molecule has 1 aliphatic rings. The van der Waals surface area contributed by atoms with Crippen LogP contribution in [0.1, 0.15) is 29.6 Å². The number of carbonyl (C=O) groups is 1. The molecule has 1 saturated heterocycles. The quantitative estimate of drug-likeness (QED) is 0.702. The van der Waals surface area contributed by atoms with Crippen LogP contribution in [0.2, 0.25) is 0 Å². The zero-order valence-corrected chi connectivity index (χ0v) is 8.83. The topological polar surface area (TPSA) is 69.9 Å². The minimum absolute atomic E-state index is 0.146. The smallest absolute Gasteiger partial charge is 0.258 e. The molecule has 0 N–H and O–H groups in total. The van der Waals surface area contributed by atoms with Crippen molar-refractivity contribution in [2.45, 2.75) is 25.3 Å². The first kappa shape index (κ1) is 10.6. The summed E-state index contributed by atoms with van der Waals surface area (Å²) in [7, 11) is 0. The normalized spacial score (nSPS) is 20.2. The number of amides is 1. The Kier molecular flexibility index (Phi) is 3.10. The van der Waals surface area contributed by atoms with Crippen LogP contribution in [0.5, 0.6) is 0 Å². The summed E-state index contributed by atoms with van der Waals surface area (Å²) in [5.74, 6) is -0.146. The number of carbonyl (C=O) groups excluding carboxylic acids is 1. The van der Waals surface area contributed by atoms with Gasteiger partial charge in [0.1, 0.15) is 12.4 Å². The minimum Gasteiger partial charge on any atom is -0.323 e. The molecular formula is C11H12N4O. The zero-order valence-electron chi connectivity index (χ0n) is 8.83. The molecule has 0 aliphatic carbocycles. The summed E-state index contributed by atoms with van der Waals surface area (Å²) in [5.41, 5.74) is 0.449. The SMILES string of the molecule is N#CC1CCCCN1C(=O)c1cncnc1. The number of nitriles is 1. The monoisotopic (exact) mass is 216 g/mol. The number of hydrogen-bond acceptors (Lipinski definition) is 4. The third-order valence-electron chi connectivity index (χ3n) is 2.72. The Labute approximate surface area is 93.7 Å². The van der Waals surface area contributed by atoms with Crippen molar-refractivity contribution in [3.63, 3.8) is 0 Å². The van der Waals surface area contributed by atoms with Gasteiger partial charge in [0.05, 0.1) is 11.6 Å². The maximum Gasteiger partial charge on any atom is 0.258 e. The second-order valence-corrected chi connectivity index (χ2v) is 3.77. The predicted octanol–water partition coefficient (Wildman–Crippen LogP) is 0.995. The summed E-state index contributed by atoms with van der Waals surface area (Å²) in [6.45, 7) is 0.645. The van der Waals surface area contributed by atoms with E-state index in [9.17, 15) is 4.79 Å². The lowest BCUT2D eigenvalue weighted by Gasteiger charge is -2.31. The lowest BCUT2D eigenvalue weighted by Crippen LogP contribution is -2.43. The van der Waals surface area contributed by atoms with Crippen molar-refractivity contribution >= 4 is 5.91 Å². The Morgan fingerprint density at radius 1 is 1.44 bits per heavy atom. The van der Waals surface area contributed by atoms with Gasteiger partial charge in [-0.25, -0.2) is 9.97 Å². The highest BCUT2D eigenvalue weighted by atomic mass is 16.2. The Morgan fingerprint density at radius 3 is 2.88 bits per heavy atom. The van der Waals surface area contributed by atoms with Crippen LogP contribution in [-0.2, 0) is 0 Å². The minimum atomic E-state index is -0.304. The van der Waals surface area contributed by atoms with Crippen molar-refractivity contribution in [2.24, 2.45) is 0 Å². The third kappa shape index (κ3) is 2.01. The summed E-state index contributed by atoms with van der Waals surface area (Å²) in [6, 6.07) is 1.86. The lowest BCUT2D eigenvalue weighted by atomic mass is 10.0. The summed E-state index contributed by atoms with van der Waals surface area (Å²) < 4.78 is 0. The van der Waals surface area contributed by atoms with Gasteiger partial charge < -0.3 is 4.90 Å². The molecule has 0 aromatic carbocycles. The maximum atomic E-state index is 12.1. The van der Waals surface area contributed by atoms with E-state index in [0.29, 0.717) is 12.1 Å². The summed E-state index contributed by atoms with van der Waals surface area (Å²) in [6.07, 6.45) is 7.08. The molecule has 1 atom stereocenters.